The molecule has 6 heteroatoms. The van der Waals surface area contributed by atoms with Gasteiger partial charge >= 0.3 is 0 Å². The second-order valence-electron chi connectivity index (χ2n) is 4.24. The summed E-state index contributed by atoms with van der Waals surface area (Å²) in [6, 6.07) is 9.75. The summed E-state index contributed by atoms with van der Waals surface area (Å²) in [5.74, 6) is -1.53. The molecule has 0 saturated heterocycles. The molecule has 0 saturated carbocycles. The molecular formula is C14H11FN2O3. The number of anilines is 1. The lowest BCUT2D eigenvalue weighted by atomic mass is 10.1. The zero-order valence-corrected chi connectivity index (χ0v) is 10.6. The van der Waals surface area contributed by atoms with E-state index >= 15 is 0 Å². The van der Waals surface area contributed by atoms with Gasteiger partial charge in [0, 0.05) is 17.8 Å². The lowest BCUT2D eigenvalue weighted by Crippen LogP contribution is -2.14. The van der Waals surface area contributed by atoms with Crippen molar-refractivity contribution in [3.8, 4) is 0 Å². The van der Waals surface area contributed by atoms with Gasteiger partial charge in [0.25, 0.3) is 11.6 Å². The minimum Gasteiger partial charge on any atom is -0.322 e. The van der Waals surface area contributed by atoms with Crippen molar-refractivity contribution in [1.82, 2.24) is 0 Å². The maximum atomic E-state index is 13.6. The first-order valence-electron chi connectivity index (χ1n) is 5.79. The van der Waals surface area contributed by atoms with E-state index < -0.39 is 16.6 Å². The van der Waals surface area contributed by atoms with Crippen molar-refractivity contribution in [3.63, 3.8) is 0 Å². The van der Waals surface area contributed by atoms with Crippen LogP contribution in [0.2, 0.25) is 0 Å². The van der Waals surface area contributed by atoms with Crippen molar-refractivity contribution in [2.75, 3.05) is 5.32 Å². The number of amides is 1. The van der Waals surface area contributed by atoms with E-state index in [0.29, 0.717) is 5.69 Å². The van der Waals surface area contributed by atoms with Crippen LogP contribution in [0.15, 0.2) is 42.5 Å². The second-order valence-corrected chi connectivity index (χ2v) is 4.24. The topological polar surface area (TPSA) is 72.2 Å². The van der Waals surface area contributed by atoms with Gasteiger partial charge in [-0.1, -0.05) is 17.7 Å². The monoisotopic (exact) mass is 274 g/mol. The van der Waals surface area contributed by atoms with E-state index in [-0.39, 0.29) is 11.3 Å². The third-order valence-corrected chi connectivity index (χ3v) is 2.71. The Morgan fingerprint density at radius 2 is 1.85 bits per heavy atom. The molecule has 0 bridgehead atoms. The first kappa shape index (κ1) is 13.7. The van der Waals surface area contributed by atoms with Crippen molar-refractivity contribution in [3.05, 3.63) is 69.5 Å². The molecule has 5 nitrogen and oxygen atoms in total. The summed E-state index contributed by atoms with van der Waals surface area (Å²) in [7, 11) is 0. The maximum Gasteiger partial charge on any atom is 0.270 e. The van der Waals surface area contributed by atoms with Crippen LogP contribution >= 0.6 is 0 Å². The molecule has 0 radical (unpaired) electrons. The normalized spacial score (nSPS) is 10.1. The Morgan fingerprint density at radius 1 is 1.20 bits per heavy atom. The lowest BCUT2D eigenvalue weighted by molar-refractivity contribution is -0.384. The zero-order chi connectivity index (χ0) is 14.7. The molecule has 0 aliphatic rings. The Balaban J connectivity index is 2.26. The highest BCUT2D eigenvalue weighted by molar-refractivity contribution is 6.04. The van der Waals surface area contributed by atoms with Crippen LogP contribution in [0.1, 0.15) is 15.9 Å². The highest BCUT2D eigenvalue weighted by Gasteiger charge is 2.16. The average Bonchev–Trinajstić information content (AvgIpc) is 2.41. The number of aryl methyl sites for hydroxylation is 1. The number of nitrogens with one attached hydrogen (secondary N) is 1. The summed E-state index contributed by atoms with van der Waals surface area (Å²) in [4.78, 5) is 21.9. The molecule has 0 aliphatic heterocycles. The SMILES string of the molecule is Cc1ccc(NC(=O)c2cc([N+](=O)[O-])ccc2F)cc1. The molecule has 0 aromatic heterocycles. The van der Waals surface area contributed by atoms with Crippen LogP contribution in [0.3, 0.4) is 0 Å². The number of non-ortho nitro benzene ring substituents is 1. The molecule has 102 valence electrons. The van der Waals surface area contributed by atoms with Gasteiger partial charge in [-0.25, -0.2) is 4.39 Å². The van der Waals surface area contributed by atoms with E-state index in [2.05, 4.69) is 5.32 Å². The Labute approximate surface area is 114 Å². The van der Waals surface area contributed by atoms with E-state index in [1.807, 2.05) is 6.92 Å². The number of nitrogens with zero attached hydrogens (tertiary/aromatic N) is 1. The predicted molar refractivity (Wildman–Crippen MR) is 72.2 cm³/mol. The molecule has 0 aliphatic carbocycles. The van der Waals surface area contributed by atoms with Crippen LogP contribution in [0, 0.1) is 22.9 Å². The van der Waals surface area contributed by atoms with E-state index in [0.717, 1.165) is 23.8 Å². The fraction of sp³-hybridized carbons (Fsp3) is 0.0714. The molecule has 1 amide bonds. The van der Waals surface area contributed by atoms with Gasteiger partial charge in [-0.3, -0.25) is 14.9 Å². The second kappa shape index (κ2) is 5.48. The van der Waals surface area contributed by atoms with E-state index in [4.69, 9.17) is 0 Å². The van der Waals surface area contributed by atoms with Crippen LogP contribution in [0.5, 0.6) is 0 Å². The van der Waals surface area contributed by atoms with Crippen molar-refractivity contribution < 1.29 is 14.1 Å². The number of carbonyl (C=O) groups is 1. The van der Waals surface area contributed by atoms with Crippen LogP contribution in [-0.4, -0.2) is 10.8 Å². The third-order valence-electron chi connectivity index (χ3n) is 2.71. The zero-order valence-electron chi connectivity index (χ0n) is 10.6. The van der Waals surface area contributed by atoms with Gasteiger partial charge in [0.15, 0.2) is 0 Å². The molecule has 0 spiro atoms. The molecule has 0 unspecified atom stereocenters. The fourth-order valence-corrected chi connectivity index (χ4v) is 1.64. The third kappa shape index (κ3) is 2.97. The Kier molecular flexibility index (Phi) is 3.74. The van der Waals surface area contributed by atoms with Crippen LogP contribution in [0.4, 0.5) is 15.8 Å². The molecule has 0 fully saturated rings. The summed E-state index contributed by atoms with van der Waals surface area (Å²) in [5, 5.41) is 13.1. The highest BCUT2D eigenvalue weighted by atomic mass is 19.1. The molecule has 2 aromatic rings. The Bertz CT molecular complexity index is 669. The summed E-state index contributed by atoms with van der Waals surface area (Å²) in [5.41, 5.74) is 0.816. The van der Waals surface area contributed by atoms with Gasteiger partial charge in [0.1, 0.15) is 5.82 Å². The maximum absolute atomic E-state index is 13.6. The van der Waals surface area contributed by atoms with Crippen molar-refractivity contribution >= 4 is 17.3 Å². The van der Waals surface area contributed by atoms with Gasteiger partial charge in [-0.15, -0.1) is 0 Å². The van der Waals surface area contributed by atoms with Gasteiger partial charge in [-0.2, -0.15) is 0 Å². The largest absolute Gasteiger partial charge is 0.322 e. The minimum absolute atomic E-state index is 0.333. The summed E-state index contributed by atoms with van der Waals surface area (Å²) in [6.07, 6.45) is 0. The van der Waals surface area contributed by atoms with E-state index in [1.165, 1.54) is 0 Å². The van der Waals surface area contributed by atoms with Gasteiger partial charge < -0.3 is 5.32 Å². The first-order chi connectivity index (χ1) is 9.47. The summed E-state index contributed by atoms with van der Waals surface area (Å²) < 4.78 is 13.6. The number of nitro benzene ring substituents is 1. The molecule has 0 atom stereocenters. The number of benzene rings is 2. The lowest BCUT2D eigenvalue weighted by Gasteiger charge is -2.06. The fourth-order valence-electron chi connectivity index (χ4n) is 1.64. The Morgan fingerprint density at radius 3 is 2.45 bits per heavy atom. The number of hydrogen-bond donors (Lipinski definition) is 1. The quantitative estimate of drug-likeness (QED) is 0.689. The molecule has 20 heavy (non-hydrogen) atoms. The van der Waals surface area contributed by atoms with Gasteiger partial charge in [0.05, 0.1) is 10.5 Å². The summed E-state index contributed by atoms with van der Waals surface area (Å²) in [6.45, 7) is 1.89. The van der Waals surface area contributed by atoms with Crippen molar-refractivity contribution in [1.29, 1.82) is 0 Å². The molecule has 0 heterocycles. The Hall–Kier alpha value is -2.76. The van der Waals surface area contributed by atoms with Crippen LogP contribution in [0.25, 0.3) is 0 Å². The van der Waals surface area contributed by atoms with Gasteiger partial charge in [-0.05, 0) is 25.1 Å². The number of halogens is 1. The number of hydrogen-bond acceptors (Lipinski definition) is 3. The van der Waals surface area contributed by atoms with E-state index in [1.54, 1.807) is 24.3 Å². The summed E-state index contributed by atoms with van der Waals surface area (Å²) >= 11 is 0. The predicted octanol–water partition coefficient (Wildman–Crippen LogP) is 3.29. The van der Waals surface area contributed by atoms with Gasteiger partial charge in [0.2, 0.25) is 0 Å². The molecule has 2 aromatic carbocycles. The average molecular weight is 274 g/mol. The highest BCUT2D eigenvalue weighted by Crippen LogP contribution is 2.18. The first-order valence-corrected chi connectivity index (χ1v) is 5.79. The number of nitro groups is 1. The smallest absolute Gasteiger partial charge is 0.270 e. The number of rotatable bonds is 3. The molecule has 1 N–H and O–H groups in total. The van der Waals surface area contributed by atoms with Crippen molar-refractivity contribution in [2.45, 2.75) is 6.92 Å². The number of carbonyl (C=O) groups excluding carboxylic acids is 1. The molecular weight excluding hydrogens is 263 g/mol. The minimum atomic E-state index is -0.805. The van der Waals surface area contributed by atoms with E-state index in [9.17, 15) is 19.3 Å². The van der Waals surface area contributed by atoms with Crippen LogP contribution in [-0.2, 0) is 0 Å². The van der Waals surface area contributed by atoms with Crippen LogP contribution < -0.4 is 5.32 Å². The molecule has 2 rings (SSSR count). The van der Waals surface area contributed by atoms with Crippen molar-refractivity contribution in [2.24, 2.45) is 0 Å². The standard InChI is InChI=1S/C14H11FN2O3/c1-9-2-4-10(5-3-9)16-14(18)12-8-11(17(19)20)6-7-13(12)15/h2-8H,1H3,(H,16,18).